The fourth-order valence-corrected chi connectivity index (χ4v) is 3.15. The van der Waals surface area contributed by atoms with E-state index in [1.165, 1.54) is 25.6 Å². The van der Waals surface area contributed by atoms with Crippen molar-refractivity contribution >= 4 is 33.0 Å². The van der Waals surface area contributed by atoms with E-state index >= 15 is 0 Å². The number of aromatic nitrogens is 1. The lowest BCUT2D eigenvalue weighted by molar-refractivity contribution is 0.417. The Morgan fingerprint density at radius 1 is 1.24 bits per heavy atom. The van der Waals surface area contributed by atoms with Gasteiger partial charge in [-0.1, -0.05) is 11.6 Å². The summed E-state index contributed by atoms with van der Waals surface area (Å²) in [6, 6.07) is 6.25. The van der Waals surface area contributed by atoms with E-state index in [9.17, 15) is 8.42 Å². The smallest absolute Gasteiger partial charge is 0.265 e. The SMILES string of the molecule is CNc1ccncc1S(=O)(=O)Nc1cc(Cl)ccc1OC. The number of nitrogens with one attached hydrogen (secondary N) is 2. The van der Waals surface area contributed by atoms with Gasteiger partial charge in [-0.25, -0.2) is 8.42 Å². The van der Waals surface area contributed by atoms with Gasteiger partial charge in [0, 0.05) is 24.5 Å². The number of sulfonamides is 1. The standard InChI is InChI=1S/C13H14ClN3O3S/c1-15-10-5-6-16-8-13(10)21(18,19)17-11-7-9(14)3-4-12(11)20-2/h3-8,17H,1-2H3,(H,15,16). The van der Waals surface area contributed by atoms with Gasteiger partial charge in [-0.3, -0.25) is 9.71 Å². The minimum Gasteiger partial charge on any atom is -0.495 e. The summed E-state index contributed by atoms with van der Waals surface area (Å²) in [6.45, 7) is 0. The first-order chi connectivity index (χ1) is 9.97. The largest absolute Gasteiger partial charge is 0.495 e. The fourth-order valence-electron chi connectivity index (χ4n) is 1.76. The van der Waals surface area contributed by atoms with Crippen LogP contribution < -0.4 is 14.8 Å². The molecule has 0 aliphatic carbocycles. The summed E-state index contributed by atoms with van der Waals surface area (Å²) >= 11 is 5.89. The highest BCUT2D eigenvalue weighted by Gasteiger charge is 2.20. The topological polar surface area (TPSA) is 80.3 Å². The molecule has 1 aromatic carbocycles. The number of hydrogen-bond acceptors (Lipinski definition) is 5. The average molecular weight is 328 g/mol. The molecule has 0 aliphatic heterocycles. The summed E-state index contributed by atoms with van der Waals surface area (Å²) in [6.07, 6.45) is 2.77. The lowest BCUT2D eigenvalue weighted by Crippen LogP contribution is -2.15. The molecule has 2 aromatic rings. The Kier molecular flexibility index (Phi) is 4.54. The number of hydrogen-bond donors (Lipinski definition) is 2. The number of rotatable bonds is 5. The molecule has 0 atom stereocenters. The van der Waals surface area contributed by atoms with Gasteiger partial charge in [0.25, 0.3) is 10.0 Å². The van der Waals surface area contributed by atoms with Crippen LogP contribution in [0.2, 0.25) is 5.02 Å². The van der Waals surface area contributed by atoms with Gasteiger partial charge in [-0.05, 0) is 24.3 Å². The molecule has 6 nitrogen and oxygen atoms in total. The number of pyridine rings is 1. The first kappa shape index (κ1) is 15.4. The molecule has 0 unspecified atom stereocenters. The Labute approximate surface area is 128 Å². The monoisotopic (exact) mass is 327 g/mol. The third-order valence-corrected chi connectivity index (χ3v) is 4.38. The Hall–Kier alpha value is -1.99. The second-order valence-corrected chi connectivity index (χ2v) is 6.16. The van der Waals surface area contributed by atoms with Crippen LogP contribution in [-0.2, 0) is 10.0 Å². The van der Waals surface area contributed by atoms with Crippen molar-refractivity contribution in [3.05, 3.63) is 41.7 Å². The van der Waals surface area contributed by atoms with Crippen LogP contribution in [0.1, 0.15) is 0 Å². The summed E-state index contributed by atoms with van der Waals surface area (Å²) in [7, 11) is -0.737. The number of benzene rings is 1. The van der Waals surface area contributed by atoms with Crippen LogP contribution in [0.15, 0.2) is 41.6 Å². The molecule has 2 rings (SSSR count). The summed E-state index contributed by atoms with van der Waals surface area (Å²) in [4.78, 5) is 3.88. The fraction of sp³-hybridized carbons (Fsp3) is 0.154. The molecular formula is C13H14ClN3O3S. The zero-order valence-corrected chi connectivity index (χ0v) is 13.0. The number of halogens is 1. The lowest BCUT2D eigenvalue weighted by atomic mass is 10.3. The molecule has 0 aliphatic rings. The molecular weight excluding hydrogens is 314 g/mol. The summed E-state index contributed by atoms with van der Waals surface area (Å²) in [5.41, 5.74) is 0.703. The van der Waals surface area contributed by atoms with Gasteiger partial charge in [0.15, 0.2) is 0 Å². The quantitative estimate of drug-likeness (QED) is 0.882. The van der Waals surface area contributed by atoms with E-state index < -0.39 is 10.0 Å². The van der Waals surface area contributed by atoms with Gasteiger partial charge in [0.05, 0.1) is 18.5 Å². The molecule has 0 radical (unpaired) electrons. The number of ether oxygens (including phenoxy) is 1. The van der Waals surface area contributed by atoms with Gasteiger partial charge in [0.1, 0.15) is 10.6 Å². The van der Waals surface area contributed by atoms with Crippen LogP contribution in [0, 0.1) is 0 Å². The van der Waals surface area contributed by atoms with Crippen molar-refractivity contribution in [2.24, 2.45) is 0 Å². The maximum absolute atomic E-state index is 12.5. The van der Waals surface area contributed by atoms with Gasteiger partial charge in [-0.15, -0.1) is 0 Å². The maximum Gasteiger partial charge on any atom is 0.265 e. The van der Waals surface area contributed by atoms with Crippen LogP contribution in [0.4, 0.5) is 11.4 Å². The molecule has 21 heavy (non-hydrogen) atoms. The van der Waals surface area contributed by atoms with Gasteiger partial charge in [-0.2, -0.15) is 0 Å². The third-order valence-electron chi connectivity index (χ3n) is 2.75. The molecule has 2 N–H and O–H groups in total. The second kappa shape index (κ2) is 6.19. The molecule has 0 amide bonds. The van der Waals surface area contributed by atoms with E-state index in [1.807, 2.05) is 0 Å². The normalized spacial score (nSPS) is 11.0. The molecule has 0 saturated heterocycles. The van der Waals surface area contributed by atoms with Crippen LogP contribution in [0.3, 0.4) is 0 Å². The summed E-state index contributed by atoms with van der Waals surface area (Å²) in [5, 5.41) is 3.21. The highest BCUT2D eigenvalue weighted by molar-refractivity contribution is 7.92. The molecule has 1 aromatic heterocycles. The van der Waals surface area contributed by atoms with E-state index in [1.54, 1.807) is 25.2 Å². The predicted octanol–water partition coefficient (Wildman–Crippen LogP) is 2.59. The molecule has 0 saturated carbocycles. The van der Waals surface area contributed by atoms with Crippen molar-refractivity contribution in [2.75, 3.05) is 24.2 Å². The Bertz CT molecular complexity index is 750. The van der Waals surface area contributed by atoms with Gasteiger partial charge < -0.3 is 10.1 Å². The van der Waals surface area contributed by atoms with E-state index in [2.05, 4.69) is 15.0 Å². The molecule has 112 valence electrons. The number of anilines is 2. The number of nitrogens with zero attached hydrogens (tertiary/aromatic N) is 1. The molecule has 8 heteroatoms. The van der Waals surface area contributed by atoms with E-state index in [0.717, 1.165) is 0 Å². The van der Waals surface area contributed by atoms with Crippen LogP contribution >= 0.6 is 11.6 Å². The minimum atomic E-state index is -3.82. The maximum atomic E-state index is 12.5. The van der Waals surface area contributed by atoms with E-state index in [0.29, 0.717) is 16.5 Å². The minimum absolute atomic E-state index is 0.0366. The second-order valence-electron chi connectivity index (χ2n) is 4.07. The average Bonchev–Trinajstić information content (AvgIpc) is 2.47. The Morgan fingerprint density at radius 3 is 2.67 bits per heavy atom. The predicted molar refractivity (Wildman–Crippen MR) is 82.6 cm³/mol. The van der Waals surface area contributed by atoms with Gasteiger partial charge >= 0.3 is 0 Å². The van der Waals surface area contributed by atoms with Crippen molar-refractivity contribution in [3.63, 3.8) is 0 Å². The molecule has 0 spiro atoms. The highest BCUT2D eigenvalue weighted by Crippen LogP contribution is 2.30. The van der Waals surface area contributed by atoms with Crippen molar-refractivity contribution in [2.45, 2.75) is 4.90 Å². The first-order valence-corrected chi connectivity index (χ1v) is 7.82. The summed E-state index contributed by atoms with van der Waals surface area (Å²) in [5.74, 6) is 0.373. The zero-order chi connectivity index (χ0) is 15.5. The first-order valence-electron chi connectivity index (χ1n) is 5.96. The molecule has 0 fully saturated rings. The van der Waals surface area contributed by atoms with Crippen LogP contribution in [-0.4, -0.2) is 27.6 Å². The molecule has 0 bridgehead atoms. The van der Waals surface area contributed by atoms with Crippen molar-refractivity contribution in [1.82, 2.24) is 4.98 Å². The zero-order valence-electron chi connectivity index (χ0n) is 11.4. The van der Waals surface area contributed by atoms with Gasteiger partial charge in [0.2, 0.25) is 0 Å². The number of methoxy groups -OCH3 is 1. The van der Waals surface area contributed by atoms with Crippen LogP contribution in [0.5, 0.6) is 5.75 Å². The van der Waals surface area contributed by atoms with Crippen LogP contribution in [0.25, 0.3) is 0 Å². The molecule has 1 heterocycles. The van der Waals surface area contributed by atoms with E-state index in [-0.39, 0.29) is 10.6 Å². The summed E-state index contributed by atoms with van der Waals surface area (Å²) < 4.78 is 32.5. The Balaban J connectivity index is 2.45. The van der Waals surface area contributed by atoms with Crippen molar-refractivity contribution in [3.8, 4) is 5.75 Å². The Morgan fingerprint density at radius 2 is 2.00 bits per heavy atom. The van der Waals surface area contributed by atoms with Crippen molar-refractivity contribution < 1.29 is 13.2 Å². The third kappa shape index (κ3) is 3.37. The van der Waals surface area contributed by atoms with E-state index in [4.69, 9.17) is 16.3 Å². The van der Waals surface area contributed by atoms with Crippen molar-refractivity contribution in [1.29, 1.82) is 0 Å². The highest BCUT2D eigenvalue weighted by atomic mass is 35.5. The lowest BCUT2D eigenvalue weighted by Gasteiger charge is -2.14.